The van der Waals surface area contributed by atoms with Crippen molar-refractivity contribution in [3.05, 3.63) is 81.7 Å². The number of carbonyl (C=O) groups is 1. The summed E-state index contributed by atoms with van der Waals surface area (Å²) in [7, 11) is 0. The molecule has 4 N–H and O–H groups in total. The number of carboxylic acid groups (broad SMARTS) is 1. The largest absolute Gasteiger partial charge is 0.476 e. The van der Waals surface area contributed by atoms with Crippen LogP contribution in [0.15, 0.2) is 52.7 Å². The van der Waals surface area contributed by atoms with E-state index < -0.39 is 23.1 Å². The van der Waals surface area contributed by atoms with Gasteiger partial charge in [0.1, 0.15) is 5.82 Å². The molecule has 188 valence electrons. The SMILES string of the molecule is CC#Cc1cc(-c2nn(-c3nc(C(=O)O)cs3)c(CC3CC3)c2Cc2cccc([S+](N)O)c2)ccc1F. The summed E-state index contributed by atoms with van der Waals surface area (Å²) < 4.78 is 26.1. The minimum Gasteiger partial charge on any atom is -0.476 e. The van der Waals surface area contributed by atoms with Crippen LogP contribution in [0.5, 0.6) is 0 Å². The van der Waals surface area contributed by atoms with Gasteiger partial charge in [0.2, 0.25) is 10.0 Å². The van der Waals surface area contributed by atoms with Crippen LogP contribution in [0.4, 0.5) is 4.39 Å². The maximum Gasteiger partial charge on any atom is 0.355 e. The van der Waals surface area contributed by atoms with Gasteiger partial charge >= 0.3 is 5.97 Å². The molecule has 0 bridgehead atoms. The molecule has 2 heterocycles. The Morgan fingerprint density at radius 3 is 2.78 bits per heavy atom. The lowest BCUT2D eigenvalue weighted by Gasteiger charge is -2.09. The van der Waals surface area contributed by atoms with E-state index in [2.05, 4.69) is 16.8 Å². The Morgan fingerprint density at radius 2 is 2.11 bits per heavy atom. The fourth-order valence-corrected chi connectivity index (χ4v) is 5.48. The van der Waals surface area contributed by atoms with Crippen molar-refractivity contribution in [3.8, 4) is 28.2 Å². The summed E-state index contributed by atoms with van der Waals surface area (Å²) in [5.74, 6) is 4.56. The van der Waals surface area contributed by atoms with E-state index >= 15 is 0 Å². The molecule has 1 aliphatic carbocycles. The Balaban J connectivity index is 1.71. The van der Waals surface area contributed by atoms with Gasteiger partial charge in [-0.3, -0.25) is 0 Å². The van der Waals surface area contributed by atoms with E-state index in [1.165, 1.54) is 22.8 Å². The first-order chi connectivity index (χ1) is 17.8. The number of carboxylic acids is 1. The molecular weight excluding hydrogens is 511 g/mol. The van der Waals surface area contributed by atoms with Gasteiger partial charge in [0, 0.05) is 29.0 Å². The molecular formula is C27H24FN4O3S2+. The number of thiazole rings is 1. The number of hydrogen-bond donors (Lipinski definition) is 3. The molecule has 0 spiro atoms. The van der Waals surface area contributed by atoms with Crippen LogP contribution >= 0.6 is 11.3 Å². The zero-order valence-corrected chi connectivity index (χ0v) is 21.6. The van der Waals surface area contributed by atoms with Crippen LogP contribution in [0, 0.1) is 23.6 Å². The molecule has 0 aliphatic heterocycles. The lowest BCUT2D eigenvalue weighted by Crippen LogP contribution is -2.12. The lowest BCUT2D eigenvalue weighted by atomic mass is 9.96. The number of aromatic nitrogens is 3. The number of aromatic carboxylic acids is 1. The molecule has 1 unspecified atom stereocenters. The number of benzene rings is 2. The van der Waals surface area contributed by atoms with Gasteiger partial charge in [-0.1, -0.05) is 18.1 Å². The Morgan fingerprint density at radius 1 is 1.30 bits per heavy atom. The van der Waals surface area contributed by atoms with Gasteiger partial charge in [-0.15, -0.1) is 22.4 Å². The van der Waals surface area contributed by atoms with Gasteiger partial charge in [0.15, 0.2) is 5.69 Å². The molecule has 4 aromatic rings. The van der Waals surface area contributed by atoms with Gasteiger partial charge in [-0.05, 0) is 61.9 Å². The third kappa shape index (κ3) is 5.45. The van der Waals surface area contributed by atoms with E-state index in [1.54, 1.807) is 29.8 Å². The summed E-state index contributed by atoms with van der Waals surface area (Å²) in [5.41, 5.74) is 4.42. The molecule has 1 aliphatic rings. The molecule has 1 atom stereocenters. The zero-order chi connectivity index (χ0) is 26.1. The molecule has 1 fully saturated rings. The van der Waals surface area contributed by atoms with Crippen molar-refractivity contribution in [2.45, 2.75) is 37.5 Å². The first-order valence-corrected chi connectivity index (χ1v) is 13.8. The van der Waals surface area contributed by atoms with Gasteiger partial charge in [-0.2, -0.15) is 9.65 Å². The quantitative estimate of drug-likeness (QED) is 0.214. The minimum atomic E-state index is -1.37. The van der Waals surface area contributed by atoms with Crippen molar-refractivity contribution in [2.24, 2.45) is 11.1 Å². The number of hydrogen-bond acceptors (Lipinski definition) is 6. The van der Waals surface area contributed by atoms with E-state index in [4.69, 9.17) is 10.2 Å². The standard InChI is InChI=1S/C27H23FN4O3S2/c1-2-4-18-14-19(9-10-22(18)28)25-21(12-17-5-3-6-20(11-17)37(29)35)24(13-16-7-8-16)32(31-25)27-30-23(15-36-27)26(33)34/h3,5-6,9-11,14-16,35H,7-8,12-13,29H2,1H3/p+1. The van der Waals surface area contributed by atoms with Crippen molar-refractivity contribution in [2.75, 3.05) is 0 Å². The number of nitrogens with zero attached hydrogens (tertiary/aromatic N) is 3. The fraction of sp³-hybridized carbons (Fsp3) is 0.222. The lowest BCUT2D eigenvalue weighted by molar-refractivity contribution is 0.0691. The predicted molar refractivity (Wildman–Crippen MR) is 142 cm³/mol. The molecule has 37 heavy (non-hydrogen) atoms. The Labute approximate surface area is 220 Å². The van der Waals surface area contributed by atoms with Crippen LogP contribution in [0.2, 0.25) is 0 Å². The molecule has 7 nitrogen and oxygen atoms in total. The summed E-state index contributed by atoms with van der Waals surface area (Å²) >= 11 is -0.155. The average molecular weight is 536 g/mol. The summed E-state index contributed by atoms with van der Waals surface area (Å²) in [6.07, 6.45) is 3.47. The highest BCUT2D eigenvalue weighted by atomic mass is 32.2. The Kier molecular flexibility index (Phi) is 7.13. The average Bonchev–Trinajstić information content (AvgIpc) is 3.43. The minimum absolute atomic E-state index is 0.0381. The monoisotopic (exact) mass is 535 g/mol. The summed E-state index contributed by atoms with van der Waals surface area (Å²) in [5, 5.41) is 22.0. The highest BCUT2D eigenvalue weighted by molar-refractivity contribution is 7.89. The van der Waals surface area contributed by atoms with E-state index in [-0.39, 0.29) is 11.3 Å². The van der Waals surface area contributed by atoms with Crippen molar-refractivity contribution < 1.29 is 18.8 Å². The van der Waals surface area contributed by atoms with Crippen molar-refractivity contribution in [3.63, 3.8) is 0 Å². The molecule has 1 saturated carbocycles. The van der Waals surface area contributed by atoms with Gasteiger partial charge < -0.3 is 5.11 Å². The fourth-order valence-electron chi connectivity index (χ4n) is 4.22. The second-order valence-electron chi connectivity index (χ2n) is 8.86. The third-order valence-electron chi connectivity index (χ3n) is 6.18. The van der Waals surface area contributed by atoms with Crippen LogP contribution in [-0.4, -0.2) is 30.4 Å². The van der Waals surface area contributed by atoms with Crippen LogP contribution in [0.1, 0.15) is 52.6 Å². The summed E-state index contributed by atoms with van der Waals surface area (Å²) in [6, 6.07) is 12.2. The van der Waals surface area contributed by atoms with Crippen LogP contribution < -0.4 is 5.14 Å². The first-order valence-electron chi connectivity index (χ1n) is 11.6. The maximum absolute atomic E-state index is 14.4. The van der Waals surface area contributed by atoms with Gasteiger partial charge in [0.05, 0.1) is 17.0 Å². The highest BCUT2D eigenvalue weighted by Gasteiger charge is 2.29. The molecule has 5 rings (SSSR count). The van der Waals surface area contributed by atoms with E-state index in [9.17, 15) is 18.8 Å². The molecule has 0 saturated heterocycles. The normalized spacial score (nSPS) is 13.7. The van der Waals surface area contributed by atoms with Crippen molar-refractivity contribution in [1.29, 1.82) is 0 Å². The predicted octanol–water partition coefficient (Wildman–Crippen LogP) is 5.07. The second kappa shape index (κ2) is 10.5. The first kappa shape index (κ1) is 25.2. The van der Waals surface area contributed by atoms with Gasteiger partial charge in [-0.25, -0.2) is 18.9 Å². The highest BCUT2D eigenvalue weighted by Crippen LogP contribution is 2.38. The molecule has 10 heteroatoms. The smallest absolute Gasteiger partial charge is 0.355 e. The molecule has 2 aromatic carbocycles. The number of halogens is 1. The van der Waals surface area contributed by atoms with Crippen molar-refractivity contribution in [1.82, 2.24) is 14.8 Å². The molecule has 0 amide bonds. The van der Waals surface area contributed by atoms with E-state index in [1.807, 2.05) is 18.2 Å². The topological polar surface area (TPSA) is 114 Å². The van der Waals surface area contributed by atoms with Gasteiger partial charge in [0.25, 0.3) is 11.4 Å². The van der Waals surface area contributed by atoms with Crippen LogP contribution in [-0.2, 0) is 24.2 Å². The Bertz CT molecular complexity index is 1550. The van der Waals surface area contributed by atoms with E-state index in [0.717, 1.165) is 36.1 Å². The third-order valence-corrected chi connectivity index (χ3v) is 7.73. The Hall–Kier alpha value is -3.49. The summed E-state index contributed by atoms with van der Waals surface area (Å²) in [4.78, 5) is 16.4. The number of rotatable bonds is 8. The summed E-state index contributed by atoms with van der Waals surface area (Å²) in [6.45, 7) is 1.65. The number of nitrogens with two attached hydrogens (primary N) is 1. The van der Waals surface area contributed by atoms with E-state index in [0.29, 0.717) is 33.6 Å². The molecule has 0 radical (unpaired) electrons. The second-order valence-corrected chi connectivity index (χ2v) is 10.8. The zero-order valence-electron chi connectivity index (χ0n) is 19.9. The maximum atomic E-state index is 14.4. The van der Waals surface area contributed by atoms with Crippen molar-refractivity contribution >= 4 is 28.7 Å². The van der Waals surface area contributed by atoms with Crippen LogP contribution in [0.3, 0.4) is 0 Å². The molecule has 2 aromatic heterocycles. The van der Waals surface area contributed by atoms with Crippen LogP contribution in [0.25, 0.3) is 16.4 Å².